The van der Waals surface area contributed by atoms with Crippen LogP contribution >= 0.6 is 0 Å². The van der Waals surface area contributed by atoms with Gasteiger partial charge >= 0.3 is 0 Å². The predicted molar refractivity (Wildman–Crippen MR) is 82.0 cm³/mol. The summed E-state index contributed by atoms with van der Waals surface area (Å²) in [6.45, 7) is 1.71. The molecule has 0 radical (unpaired) electrons. The second kappa shape index (κ2) is 5.32. The van der Waals surface area contributed by atoms with Crippen molar-refractivity contribution >= 4 is 5.82 Å². The monoisotopic (exact) mass is 279 g/mol. The molecule has 0 aliphatic rings. The number of nitrogens with zero attached hydrogens (tertiary/aromatic N) is 2. The maximum absolute atomic E-state index is 13.4. The van der Waals surface area contributed by atoms with E-state index in [9.17, 15) is 4.39 Å². The van der Waals surface area contributed by atoms with Crippen LogP contribution in [0, 0.1) is 12.7 Å². The average molecular weight is 279 g/mol. The Balaban J connectivity index is 2.11. The lowest BCUT2D eigenvalue weighted by Gasteiger charge is -2.07. The number of hydrogen-bond donors (Lipinski definition) is 1. The van der Waals surface area contributed by atoms with E-state index in [-0.39, 0.29) is 5.82 Å². The maximum Gasteiger partial charge on any atom is 0.162 e. The molecular formula is C17H14FN3. The first-order chi connectivity index (χ1) is 10.1. The minimum Gasteiger partial charge on any atom is -0.384 e. The van der Waals surface area contributed by atoms with Gasteiger partial charge in [-0.3, -0.25) is 0 Å². The Morgan fingerprint density at radius 2 is 1.67 bits per heavy atom. The van der Waals surface area contributed by atoms with Gasteiger partial charge in [0.25, 0.3) is 0 Å². The first-order valence-electron chi connectivity index (χ1n) is 6.60. The highest BCUT2D eigenvalue weighted by Gasteiger charge is 2.08. The highest BCUT2D eigenvalue weighted by molar-refractivity contribution is 5.67. The van der Waals surface area contributed by atoms with Gasteiger partial charge in [-0.1, -0.05) is 30.3 Å². The van der Waals surface area contributed by atoms with Crippen LogP contribution in [0.5, 0.6) is 0 Å². The standard InChI is InChI=1S/C17H14FN3/c1-11-9-13(7-8-14(11)18)17-20-15(10-16(19)21-17)12-5-3-2-4-6-12/h2-10H,1H3,(H2,19,20,21). The zero-order chi connectivity index (χ0) is 14.8. The van der Waals surface area contributed by atoms with Gasteiger partial charge in [-0.15, -0.1) is 0 Å². The van der Waals surface area contributed by atoms with E-state index in [2.05, 4.69) is 9.97 Å². The van der Waals surface area contributed by atoms with Crippen molar-refractivity contribution in [1.82, 2.24) is 9.97 Å². The molecule has 4 heteroatoms. The first-order valence-corrected chi connectivity index (χ1v) is 6.60. The summed E-state index contributed by atoms with van der Waals surface area (Å²) in [4.78, 5) is 8.78. The number of nitrogens with two attached hydrogens (primary N) is 1. The fourth-order valence-electron chi connectivity index (χ4n) is 2.14. The van der Waals surface area contributed by atoms with Crippen LogP contribution in [0.25, 0.3) is 22.6 Å². The van der Waals surface area contributed by atoms with Crippen molar-refractivity contribution in [2.45, 2.75) is 6.92 Å². The number of aryl methyl sites for hydroxylation is 1. The Kier molecular flexibility index (Phi) is 3.36. The van der Waals surface area contributed by atoms with Gasteiger partial charge in [0.05, 0.1) is 5.69 Å². The predicted octanol–water partition coefficient (Wildman–Crippen LogP) is 3.84. The molecule has 1 heterocycles. The molecule has 3 nitrogen and oxygen atoms in total. The molecule has 104 valence electrons. The minimum absolute atomic E-state index is 0.245. The van der Waals surface area contributed by atoms with Crippen molar-refractivity contribution < 1.29 is 4.39 Å². The van der Waals surface area contributed by atoms with Crippen molar-refractivity contribution in [3.05, 3.63) is 66.0 Å². The zero-order valence-electron chi connectivity index (χ0n) is 11.5. The fraction of sp³-hybridized carbons (Fsp3) is 0.0588. The van der Waals surface area contributed by atoms with Crippen molar-refractivity contribution in [1.29, 1.82) is 0 Å². The van der Waals surface area contributed by atoms with Crippen molar-refractivity contribution in [3.63, 3.8) is 0 Å². The van der Waals surface area contributed by atoms with E-state index in [1.165, 1.54) is 6.07 Å². The highest BCUT2D eigenvalue weighted by Crippen LogP contribution is 2.24. The molecule has 0 aliphatic carbocycles. The minimum atomic E-state index is -0.245. The summed E-state index contributed by atoms with van der Waals surface area (Å²) in [5.41, 5.74) is 8.90. The molecule has 0 fully saturated rings. The first kappa shape index (κ1) is 13.2. The molecule has 3 rings (SSSR count). The summed E-state index contributed by atoms with van der Waals surface area (Å²) in [6.07, 6.45) is 0. The number of anilines is 1. The van der Waals surface area contributed by atoms with Crippen molar-refractivity contribution in [2.75, 3.05) is 5.73 Å². The van der Waals surface area contributed by atoms with E-state index >= 15 is 0 Å². The van der Waals surface area contributed by atoms with Crippen LogP contribution in [-0.2, 0) is 0 Å². The number of aromatic nitrogens is 2. The second-order valence-corrected chi connectivity index (χ2v) is 4.83. The normalized spacial score (nSPS) is 10.6. The smallest absolute Gasteiger partial charge is 0.162 e. The summed E-state index contributed by atoms with van der Waals surface area (Å²) in [5, 5.41) is 0. The van der Waals surface area contributed by atoms with E-state index in [4.69, 9.17) is 5.73 Å². The number of benzene rings is 2. The molecule has 2 aromatic carbocycles. The van der Waals surface area contributed by atoms with E-state index in [0.717, 1.165) is 16.8 Å². The Labute approximate surface area is 122 Å². The maximum atomic E-state index is 13.4. The van der Waals surface area contributed by atoms with E-state index in [1.54, 1.807) is 25.1 Å². The topological polar surface area (TPSA) is 51.8 Å². The molecule has 2 N–H and O–H groups in total. The molecule has 0 bridgehead atoms. The summed E-state index contributed by atoms with van der Waals surface area (Å²) in [7, 11) is 0. The Morgan fingerprint density at radius 1 is 0.905 bits per heavy atom. The van der Waals surface area contributed by atoms with Crippen LogP contribution in [0.15, 0.2) is 54.6 Å². The van der Waals surface area contributed by atoms with Crippen LogP contribution < -0.4 is 5.73 Å². The summed E-state index contributed by atoms with van der Waals surface area (Å²) in [6, 6.07) is 16.3. The van der Waals surface area contributed by atoms with Crippen molar-refractivity contribution in [3.8, 4) is 22.6 Å². The lowest BCUT2D eigenvalue weighted by molar-refractivity contribution is 0.618. The van der Waals surface area contributed by atoms with E-state index in [1.807, 2.05) is 30.3 Å². The van der Waals surface area contributed by atoms with Gasteiger partial charge in [0.1, 0.15) is 11.6 Å². The molecule has 0 spiro atoms. The van der Waals surface area contributed by atoms with E-state index in [0.29, 0.717) is 17.2 Å². The van der Waals surface area contributed by atoms with Gasteiger partial charge in [0, 0.05) is 17.2 Å². The molecule has 0 atom stereocenters. The quantitative estimate of drug-likeness (QED) is 0.775. The van der Waals surface area contributed by atoms with Crippen LogP contribution in [0.2, 0.25) is 0 Å². The average Bonchev–Trinajstić information content (AvgIpc) is 2.50. The number of nitrogen functional groups attached to an aromatic ring is 1. The third-order valence-electron chi connectivity index (χ3n) is 3.23. The molecule has 1 aromatic heterocycles. The van der Waals surface area contributed by atoms with Gasteiger partial charge in [-0.05, 0) is 30.7 Å². The molecule has 0 unspecified atom stereocenters. The Hall–Kier alpha value is -2.75. The van der Waals surface area contributed by atoms with Gasteiger partial charge in [0.2, 0.25) is 0 Å². The zero-order valence-corrected chi connectivity index (χ0v) is 11.5. The third-order valence-corrected chi connectivity index (χ3v) is 3.23. The number of rotatable bonds is 2. The highest BCUT2D eigenvalue weighted by atomic mass is 19.1. The summed E-state index contributed by atoms with van der Waals surface area (Å²) < 4.78 is 13.4. The van der Waals surface area contributed by atoms with Crippen LogP contribution in [0.3, 0.4) is 0 Å². The van der Waals surface area contributed by atoms with Gasteiger partial charge < -0.3 is 5.73 Å². The third kappa shape index (κ3) is 2.74. The molecule has 3 aromatic rings. The molecule has 0 saturated carbocycles. The molecule has 0 saturated heterocycles. The Morgan fingerprint density at radius 3 is 2.38 bits per heavy atom. The SMILES string of the molecule is Cc1cc(-c2nc(N)cc(-c3ccccc3)n2)ccc1F. The number of halogens is 1. The molecular weight excluding hydrogens is 265 g/mol. The Bertz CT molecular complexity index is 785. The van der Waals surface area contributed by atoms with Gasteiger partial charge in [-0.2, -0.15) is 0 Å². The lowest BCUT2D eigenvalue weighted by atomic mass is 10.1. The molecule has 21 heavy (non-hydrogen) atoms. The molecule has 0 aliphatic heterocycles. The second-order valence-electron chi connectivity index (χ2n) is 4.83. The largest absolute Gasteiger partial charge is 0.384 e. The van der Waals surface area contributed by atoms with Crippen LogP contribution in [-0.4, -0.2) is 9.97 Å². The summed E-state index contributed by atoms with van der Waals surface area (Å²) in [5.74, 6) is 0.642. The van der Waals surface area contributed by atoms with Gasteiger partial charge in [0.15, 0.2) is 5.82 Å². The van der Waals surface area contributed by atoms with Crippen molar-refractivity contribution in [2.24, 2.45) is 0 Å². The number of hydrogen-bond acceptors (Lipinski definition) is 3. The lowest BCUT2D eigenvalue weighted by Crippen LogP contribution is -1.98. The van der Waals surface area contributed by atoms with E-state index < -0.39 is 0 Å². The fourth-order valence-corrected chi connectivity index (χ4v) is 2.14. The van der Waals surface area contributed by atoms with Crippen LogP contribution in [0.4, 0.5) is 10.2 Å². The summed E-state index contributed by atoms with van der Waals surface area (Å²) >= 11 is 0. The molecule has 0 amide bonds. The van der Waals surface area contributed by atoms with Crippen LogP contribution in [0.1, 0.15) is 5.56 Å². The van der Waals surface area contributed by atoms with Gasteiger partial charge in [-0.25, -0.2) is 14.4 Å².